The van der Waals surface area contributed by atoms with Crippen LogP contribution >= 0.6 is 0 Å². The summed E-state index contributed by atoms with van der Waals surface area (Å²) in [4.78, 5) is 13.2. The maximum Gasteiger partial charge on any atom is 1.00 e. The van der Waals surface area contributed by atoms with Crippen LogP contribution in [0.4, 0.5) is 4.79 Å². The quantitative estimate of drug-likeness (QED) is 0.243. The predicted molar refractivity (Wildman–Crippen MR) is 23.5 cm³/mol. The van der Waals surface area contributed by atoms with Gasteiger partial charge in [0.2, 0.25) is 0 Å². The molecule has 0 heterocycles. The molecular weight excluding hydrogens is 151 g/mol. The maximum absolute atomic E-state index is 9.44. The number of nitrogens with two attached hydrogens (primary N) is 1. The van der Waals surface area contributed by atoms with Crippen LogP contribution in [0.1, 0.15) is 0 Å². The number of nitrogens with one attached hydrogen (secondary N) is 1. The summed E-state index contributed by atoms with van der Waals surface area (Å²) >= 11 is 0. The Kier molecular flexibility index (Phi) is 12.3. The number of carbonyl (C=O) groups excluding carboxylic acids is 1. The van der Waals surface area contributed by atoms with Crippen molar-refractivity contribution < 1.29 is 66.1 Å². The van der Waals surface area contributed by atoms with Crippen molar-refractivity contribution in [3.63, 3.8) is 0 Å². The van der Waals surface area contributed by atoms with Crippen molar-refractivity contribution in [2.75, 3.05) is 13.1 Å². The maximum atomic E-state index is 9.44. The van der Waals surface area contributed by atoms with Gasteiger partial charge in [-0.3, -0.25) is 0 Å². The Labute approximate surface area is 95.3 Å². The van der Waals surface area contributed by atoms with E-state index in [1.807, 2.05) is 5.48 Å². The summed E-state index contributed by atoms with van der Waals surface area (Å²) in [5.74, 6) is 0. The van der Waals surface area contributed by atoms with Gasteiger partial charge in [0, 0.05) is 13.1 Å². The molecule has 0 aromatic carbocycles. The molecule has 0 saturated carbocycles. The summed E-state index contributed by atoms with van der Waals surface area (Å²) in [6.07, 6.45) is -1.60. The summed E-state index contributed by atoms with van der Waals surface area (Å²) in [7, 11) is 0. The van der Waals surface area contributed by atoms with Gasteiger partial charge >= 0.3 is 51.4 Å². The first-order valence-electron chi connectivity index (χ1n) is 2.08. The number of carboxylic acid groups (broad SMARTS) is 1. The van der Waals surface area contributed by atoms with Gasteiger partial charge < -0.3 is 20.5 Å². The van der Waals surface area contributed by atoms with Crippen LogP contribution in [0.3, 0.4) is 0 Å². The number of hydrogen-bond donors (Lipinski definition) is 2. The fraction of sp³-hybridized carbons (Fsp3) is 0.667. The monoisotopic (exact) mass is 158 g/mol. The van der Waals surface area contributed by atoms with E-state index in [-0.39, 0.29) is 51.4 Å². The molecule has 0 radical (unpaired) electrons. The van der Waals surface area contributed by atoms with Crippen molar-refractivity contribution in [2.24, 2.45) is 5.73 Å². The van der Waals surface area contributed by atoms with Crippen molar-refractivity contribution in [1.82, 2.24) is 5.48 Å². The molecule has 0 aromatic heterocycles. The largest absolute Gasteiger partial charge is 1.00 e. The van der Waals surface area contributed by atoms with Gasteiger partial charge in [0.25, 0.3) is 6.16 Å². The van der Waals surface area contributed by atoms with Crippen LogP contribution in [-0.4, -0.2) is 19.2 Å². The zero-order valence-electron chi connectivity index (χ0n) is 5.22. The average Bonchev–Trinajstić information content (AvgIpc) is 1.66. The fourth-order valence-corrected chi connectivity index (χ4v) is 0.169. The Balaban J connectivity index is 0. The van der Waals surface area contributed by atoms with Crippen LogP contribution in [0.2, 0.25) is 0 Å². The molecule has 0 bridgehead atoms. The van der Waals surface area contributed by atoms with E-state index in [9.17, 15) is 9.90 Å². The third kappa shape index (κ3) is 12.1. The van der Waals surface area contributed by atoms with Gasteiger partial charge in [-0.05, 0) is 0 Å². The number of carbonyl (C=O) groups is 1. The summed E-state index contributed by atoms with van der Waals surface area (Å²) < 4.78 is 0. The van der Waals surface area contributed by atoms with Crippen LogP contribution in [0, 0.1) is 0 Å². The van der Waals surface area contributed by atoms with E-state index >= 15 is 0 Å². The first-order chi connectivity index (χ1) is 3.77. The van der Waals surface area contributed by atoms with Crippen molar-refractivity contribution in [1.29, 1.82) is 0 Å². The predicted octanol–water partition coefficient (Wildman–Crippen LogP) is -5.19. The van der Waals surface area contributed by atoms with Crippen LogP contribution in [0.25, 0.3) is 0 Å². The third-order valence-corrected chi connectivity index (χ3v) is 0.402. The smallest absolute Gasteiger partial charge is 0.469 e. The molecule has 0 rings (SSSR count). The molecule has 6 heteroatoms. The van der Waals surface area contributed by atoms with Crippen molar-refractivity contribution >= 4 is 6.16 Å². The van der Waals surface area contributed by atoms with E-state index in [0.29, 0.717) is 13.1 Å². The van der Waals surface area contributed by atoms with Gasteiger partial charge in [-0.1, -0.05) is 0 Å². The Morgan fingerprint density at radius 3 is 2.67 bits per heavy atom. The topological polar surface area (TPSA) is 87.4 Å². The van der Waals surface area contributed by atoms with Crippen molar-refractivity contribution in [2.45, 2.75) is 0 Å². The molecule has 0 aliphatic heterocycles. The zero-order chi connectivity index (χ0) is 6.41. The molecule has 5 nitrogen and oxygen atoms in total. The molecule has 0 atom stereocenters. The Hall–Kier alpha value is 0.826. The molecule has 0 aliphatic carbocycles. The van der Waals surface area contributed by atoms with Crippen LogP contribution < -0.4 is 67.7 Å². The van der Waals surface area contributed by atoms with E-state index in [0.717, 1.165) is 0 Å². The van der Waals surface area contributed by atoms with Crippen molar-refractivity contribution in [3.05, 3.63) is 0 Å². The second kappa shape index (κ2) is 8.83. The average molecular weight is 158 g/mol. The zero-order valence-corrected chi connectivity index (χ0v) is 8.34. The van der Waals surface area contributed by atoms with Gasteiger partial charge in [0.05, 0.1) is 0 Å². The van der Waals surface area contributed by atoms with E-state index in [1.165, 1.54) is 0 Å². The molecule has 9 heavy (non-hydrogen) atoms. The summed E-state index contributed by atoms with van der Waals surface area (Å²) in [5, 5.41) is 9.44. The van der Waals surface area contributed by atoms with Crippen LogP contribution in [0.15, 0.2) is 0 Å². The number of rotatable bonds is 3. The molecular formula is C3H7KN2O3. The molecule has 0 amide bonds. The van der Waals surface area contributed by atoms with Gasteiger partial charge in [-0.2, -0.15) is 0 Å². The molecule has 0 aliphatic rings. The van der Waals surface area contributed by atoms with Crippen molar-refractivity contribution in [3.8, 4) is 0 Å². The number of hydroxylamine groups is 1. The molecule has 0 aromatic rings. The second-order valence-corrected chi connectivity index (χ2v) is 1.04. The van der Waals surface area contributed by atoms with Gasteiger partial charge in [0.1, 0.15) is 0 Å². The summed E-state index contributed by atoms with van der Waals surface area (Å²) in [6, 6.07) is 0. The molecule has 0 fully saturated rings. The van der Waals surface area contributed by atoms with E-state index in [4.69, 9.17) is 5.73 Å². The molecule has 0 unspecified atom stereocenters. The third-order valence-electron chi connectivity index (χ3n) is 0.402. The summed E-state index contributed by atoms with van der Waals surface area (Å²) in [5.41, 5.74) is 7.01. The normalized spacial score (nSPS) is 7.67. The van der Waals surface area contributed by atoms with Gasteiger partial charge in [-0.15, -0.1) is 0 Å². The standard InChI is InChI=1S/C3H8N2O3.K/c4-1-2-5-8-3(6)7;/h5H,1-2,4H2,(H,6,7);/q;+1/p-1. The van der Waals surface area contributed by atoms with E-state index < -0.39 is 6.16 Å². The number of hydrogen-bond acceptors (Lipinski definition) is 5. The second-order valence-electron chi connectivity index (χ2n) is 1.04. The Morgan fingerprint density at radius 1 is 1.78 bits per heavy atom. The summed E-state index contributed by atoms with van der Waals surface area (Å²) in [6.45, 7) is 0.626. The van der Waals surface area contributed by atoms with Gasteiger partial charge in [0.15, 0.2) is 0 Å². The molecule has 3 N–H and O–H groups in total. The SMILES string of the molecule is NCCNOC(=O)[O-].[K+]. The Morgan fingerprint density at radius 2 is 2.33 bits per heavy atom. The first kappa shape index (κ1) is 12.5. The Bertz CT molecular complexity index is 79.5. The molecule has 0 saturated heterocycles. The fourth-order valence-electron chi connectivity index (χ4n) is 0.169. The molecule has 0 spiro atoms. The van der Waals surface area contributed by atoms with Gasteiger partial charge in [-0.25, -0.2) is 5.48 Å². The minimum absolute atomic E-state index is 0. The van der Waals surface area contributed by atoms with Crippen LogP contribution in [-0.2, 0) is 4.84 Å². The first-order valence-corrected chi connectivity index (χ1v) is 2.08. The van der Waals surface area contributed by atoms with E-state index in [1.54, 1.807) is 0 Å². The minimum atomic E-state index is -1.60. The minimum Gasteiger partial charge on any atom is -0.469 e. The van der Waals surface area contributed by atoms with E-state index in [2.05, 4.69) is 4.84 Å². The molecule has 48 valence electrons. The van der Waals surface area contributed by atoms with Crippen LogP contribution in [0.5, 0.6) is 0 Å².